The molecule has 0 aliphatic rings. The van der Waals surface area contributed by atoms with Crippen molar-refractivity contribution in [1.29, 1.82) is 0 Å². The van der Waals surface area contributed by atoms with Gasteiger partial charge in [-0.1, -0.05) is 6.07 Å². The summed E-state index contributed by atoms with van der Waals surface area (Å²) in [4.78, 5) is -0.175. The Labute approximate surface area is 117 Å². The van der Waals surface area contributed by atoms with Gasteiger partial charge in [-0.2, -0.15) is 0 Å². The average Bonchev–Trinajstić information content (AvgIpc) is 2.90. The van der Waals surface area contributed by atoms with Crippen LogP contribution in [0.1, 0.15) is 0 Å². The second kappa shape index (κ2) is 4.77. The van der Waals surface area contributed by atoms with Crippen molar-refractivity contribution in [3.63, 3.8) is 0 Å². The molecule has 0 spiro atoms. The molecule has 0 amide bonds. The van der Waals surface area contributed by atoms with Crippen LogP contribution in [-0.2, 0) is 10.0 Å². The number of fused-ring (bicyclic) bond motifs is 1. The fourth-order valence-corrected chi connectivity index (χ4v) is 2.97. The highest BCUT2D eigenvalue weighted by Gasteiger charge is 2.20. The van der Waals surface area contributed by atoms with Crippen LogP contribution in [0.25, 0.3) is 11.0 Å². The van der Waals surface area contributed by atoms with Crippen molar-refractivity contribution in [2.24, 2.45) is 0 Å². The molecule has 1 heterocycles. The highest BCUT2D eigenvalue weighted by atomic mass is 32.2. The van der Waals surface area contributed by atoms with E-state index in [2.05, 4.69) is 19.7 Å². The Morgan fingerprint density at radius 3 is 2.62 bits per heavy atom. The second-order valence-electron chi connectivity index (χ2n) is 4.12. The summed E-state index contributed by atoms with van der Waals surface area (Å²) in [5.41, 5.74) is 0.207. The molecule has 108 valence electrons. The van der Waals surface area contributed by atoms with Gasteiger partial charge in [-0.15, -0.1) is 0 Å². The van der Waals surface area contributed by atoms with Gasteiger partial charge >= 0.3 is 0 Å². The first kappa shape index (κ1) is 13.4. The predicted molar refractivity (Wildman–Crippen MR) is 69.0 cm³/mol. The number of benzene rings is 2. The van der Waals surface area contributed by atoms with Crippen molar-refractivity contribution in [3.05, 3.63) is 48.0 Å². The van der Waals surface area contributed by atoms with Crippen LogP contribution in [0.3, 0.4) is 0 Å². The van der Waals surface area contributed by atoms with Gasteiger partial charge in [0.2, 0.25) is 0 Å². The number of hydrogen-bond acceptors (Lipinski definition) is 5. The summed E-state index contributed by atoms with van der Waals surface area (Å²) in [6.45, 7) is 0. The summed E-state index contributed by atoms with van der Waals surface area (Å²) in [5.74, 6) is -2.22. The molecule has 9 heteroatoms. The van der Waals surface area contributed by atoms with Crippen molar-refractivity contribution in [2.75, 3.05) is 4.72 Å². The minimum absolute atomic E-state index is 0.0487. The number of nitrogens with zero attached hydrogens (tertiary/aromatic N) is 2. The van der Waals surface area contributed by atoms with Crippen LogP contribution in [0.15, 0.2) is 45.9 Å². The van der Waals surface area contributed by atoms with Crippen LogP contribution in [0.2, 0.25) is 0 Å². The maximum Gasteiger partial charge on any atom is 0.264 e. The molecule has 1 N–H and O–H groups in total. The zero-order chi connectivity index (χ0) is 15.0. The molecule has 0 saturated carbocycles. The number of halogens is 2. The molecule has 6 nitrogen and oxygen atoms in total. The third-order valence-corrected chi connectivity index (χ3v) is 4.12. The molecule has 0 fully saturated rings. The van der Waals surface area contributed by atoms with E-state index in [4.69, 9.17) is 0 Å². The fourth-order valence-electron chi connectivity index (χ4n) is 1.77. The van der Waals surface area contributed by atoms with E-state index in [1.54, 1.807) is 0 Å². The Morgan fingerprint density at radius 2 is 1.86 bits per heavy atom. The number of sulfonamides is 1. The van der Waals surface area contributed by atoms with Gasteiger partial charge in [-0.3, -0.25) is 4.72 Å². The lowest BCUT2D eigenvalue weighted by Gasteiger charge is -2.08. The van der Waals surface area contributed by atoms with Crippen molar-refractivity contribution in [1.82, 2.24) is 10.3 Å². The third kappa shape index (κ3) is 2.42. The van der Waals surface area contributed by atoms with Gasteiger partial charge in [0, 0.05) is 6.07 Å². The van der Waals surface area contributed by atoms with Crippen molar-refractivity contribution < 1.29 is 21.8 Å². The SMILES string of the molecule is O=S(=O)(Nc1ccc(F)c(F)c1)c1cccc2nonc12. The van der Waals surface area contributed by atoms with E-state index in [-0.39, 0.29) is 21.6 Å². The average molecular weight is 311 g/mol. The molecule has 0 bridgehead atoms. The number of aromatic nitrogens is 2. The second-order valence-corrected chi connectivity index (χ2v) is 5.77. The van der Waals surface area contributed by atoms with E-state index in [1.165, 1.54) is 18.2 Å². The first-order valence-electron chi connectivity index (χ1n) is 5.66. The van der Waals surface area contributed by atoms with E-state index in [1.807, 2.05) is 0 Å². The lowest BCUT2D eigenvalue weighted by molar-refractivity contribution is 0.315. The Hall–Kier alpha value is -2.55. The number of nitrogens with one attached hydrogen (secondary N) is 1. The van der Waals surface area contributed by atoms with E-state index in [9.17, 15) is 17.2 Å². The van der Waals surface area contributed by atoms with Crippen molar-refractivity contribution in [2.45, 2.75) is 4.90 Å². The number of hydrogen-bond donors (Lipinski definition) is 1. The third-order valence-electron chi connectivity index (χ3n) is 2.71. The quantitative estimate of drug-likeness (QED) is 0.802. The smallest absolute Gasteiger partial charge is 0.264 e. The van der Waals surface area contributed by atoms with Gasteiger partial charge in [-0.05, 0) is 34.6 Å². The van der Waals surface area contributed by atoms with Crippen LogP contribution in [0.5, 0.6) is 0 Å². The van der Waals surface area contributed by atoms with Crippen LogP contribution in [0, 0.1) is 11.6 Å². The first-order chi connectivity index (χ1) is 9.97. The topological polar surface area (TPSA) is 85.1 Å². The van der Waals surface area contributed by atoms with E-state index in [0.717, 1.165) is 18.2 Å². The molecule has 0 saturated heterocycles. The molecular weight excluding hydrogens is 304 g/mol. The number of rotatable bonds is 3. The maximum absolute atomic E-state index is 13.1. The van der Waals surface area contributed by atoms with Crippen LogP contribution >= 0.6 is 0 Å². The van der Waals surface area contributed by atoms with Crippen molar-refractivity contribution in [3.8, 4) is 0 Å². The molecule has 3 aromatic rings. The van der Waals surface area contributed by atoms with Crippen LogP contribution in [-0.4, -0.2) is 18.7 Å². The summed E-state index contributed by atoms with van der Waals surface area (Å²) < 4.78 is 57.1. The molecule has 0 atom stereocenters. The molecule has 3 rings (SSSR count). The summed E-state index contributed by atoms with van der Waals surface area (Å²) >= 11 is 0. The molecule has 1 aromatic heterocycles. The van der Waals surface area contributed by atoms with Crippen molar-refractivity contribution >= 4 is 26.7 Å². The minimum Gasteiger partial charge on any atom is -0.279 e. The first-order valence-corrected chi connectivity index (χ1v) is 7.15. The molecule has 0 aliphatic carbocycles. The Kier molecular flexibility index (Phi) is 3.05. The summed E-state index contributed by atoms with van der Waals surface area (Å²) in [6, 6.07) is 6.97. The zero-order valence-electron chi connectivity index (χ0n) is 10.2. The lowest BCUT2D eigenvalue weighted by atomic mass is 10.3. The predicted octanol–water partition coefficient (Wildman–Crippen LogP) is 2.30. The van der Waals surface area contributed by atoms with Gasteiger partial charge in [0.05, 0.1) is 5.69 Å². The minimum atomic E-state index is -4.04. The Morgan fingerprint density at radius 1 is 1.05 bits per heavy atom. The van der Waals surface area contributed by atoms with Crippen LogP contribution < -0.4 is 4.72 Å². The summed E-state index contributed by atoms with van der Waals surface area (Å²) in [7, 11) is -4.04. The summed E-state index contributed by atoms with van der Waals surface area (Å²) in [5, 5.41) is 7.06. The zero-order valence-corrected chi connectivity index (χ0v) is 11.1. The normalized spacial score (nSPS) is 11.7. The number of anilines is 1. The van der Waals surface area contributed by atoms with Gasteiger partial charge < -0.3 is 0 Å². The van der Waals surface area contributed by atoms with Gasteiger partial charge in [0.1, 0.15) is 10.4 Å². The maximum atomic E-state index is 13.1. The Bertz CT molecular complexity index is 924. The molecular formula is C12H7F2N3O3S. The van der Waals surface area contributed by atoms with E-state index in [0.29, 0.717) is 0 Å². The highest BCUT2D eigenvalue weighted by Crippen LogP contribution is 2.23. The molecule has 0 unspecified atom stereocenters. The standard InChI is InChI=1S/C12H7F2N3O3S/c13-8-5-4-7(6-9(8)14)17-21(18,19)11-3-1-2-10-12(11)16-20-15-10/h1-6,17H. The fraction of sp³-hybridized carbons (Fsp3) is 0. The van der Waals surface area contributed by atoms with Crippen LogP contribution in [0.4, 0.5) is 14.5 Å². The van der Waals surface area contributed by atoms with Gasteiger partial charge in [-0.25, -0.2) is 21.8 Å². The molecule has 21 heavy (non-hydrogen) atoms. The monoisotopic (exact) mass is 311 g/mol. The summed E-state index contributed by atoms with van der Waals surface area (Å²) in [6.07, 6.45) is 0. The van der Waals surface area contributed by atoms with Gasteiger partial charge in [0.25, 0.3) is 10.0 Å². The van der Waals surface area contributed by atoms with E-state index < -0.39 is 21.7 Å². The molecule has 0 aliphatic heterocycles. The Balaban J connectivity index is 2.04. The highest BCUT2D eigenvalue weighted by molar-refractivity contribution is 7.93. The molecule has 0 radical (unpaired) electrons. The molecule has 2 aromatic carbocycles. The van der Waals surface area contributed by atoms with Gasteiger partial charge in [0.15, 0.2) is 17.2 Å². The van der Waals surface area contributed by atoms with E-state index >= 15 is 0 Å². The lowest BCUT2D eigenvalue weighted by Crippen LogP contribution is -2.13. The largest absolute Gasteiger partial charge is 0.279 e.